The summed E-state index contributed by atoms with van der Waals surface area (Å²) in [6, 6.07) is 10.2. The van der Waals surface area contributed by atoms with E-state index in [1.54, 1.807) is 36.4 Å². The fourth-order valence-electron chi connectivity index (χ4n) is 1.81. The molecule has 0 aliphatic rings. The molecule has 0 aliphatic heterocycles. The molecule has 0 unspecified atom stereocenters. The number of esters is 1. The predicted octanol–water partition coefficient (Wildman–Crippen LogP) is 3.24. The van der Waals surface area contributed by atoms with Gasteiger partial charge in [0.25, 0.3) is 0 Å². The summed E-state index contributed by atoms with van der Waals surface area (Å²) in [5.41, 5.74) is 14.0. The van der Waals surface area contributed by atoms with Crippen LogP contribution in [0.3, 0.4) is 0 Å². The van der Waals surface area contributed by atoms with Gasteiger partial charge in [-0.05, 0) is 36.8 Å². The van der Waals surface area contributed by atoms with Crippen molar-refractivity contribution in [1.29, 1.82) is 0 Å². The average Bonchev–Trinajstić information content (AvgIpc) is 2.52. The molecule has 7 heteroatoms. The molecule has 0 spiro atoms. The van der Waals surface area contributed by atoms with Gasteiger partial charge in [-0.25, -0.2) is 4.79 Å². The highest BCUT2D eigenvalue weighted by molar-refractivity contribution is 6.33. The lowest BCUT2D eigenvalue weighted by atomic mass is 10.2. The second kappa shape index (κ2) is 8.79. The summed E-state index contributed by atoms with van der Waals surface area (Å²) >= 11 is 5.78. The molecular formula is C17H20ClN3O3. The second-order valence-electron chi connectivity index (χ2n) is 4.95. The average molecular weight is 350 g/mol. The van der Waals surface area contributed by atoms with Gasteiger partial charge in [0.15, 0.2) is 0 Å². The molecule has 1 amide bonds. The van der Waals surface area contributed by atoms with E-state index < -0.39 is 5.97 Å². The number of para-hydroxylation sites is 1. The van der Waals surface area contributed by atoms with Crippen molar-refractivity contribution in [2.24, 2.45) is 0 Å². The molecule has 0 aromatic heterocycles. The molecule has 24 heavy (non-hydrogen) atoms. The number of ether oxygens (including phenoxy) is 1. The maximum Gasteiger partial charge on any atom is 0.339 e. The van der Waals surface area contributed by atoms with Gasteiger partial charge in [-0.2, -0.15) is 0 Å². The molecule has 2 aromatic carbocycles. The van der Waals surface area contributed by atoms with Gasteiger partial charge in [0.2, 0.25) is 5.91 Å². The minimum Gasteiger partial charge on any atom is -0.465 e. The van der Waals surface area contributed by atoms with Crippen LogP contribution in [0.1, 0.15) is 22.8 Å². The number of carbonyl (C=O) groups excluding carboxylic acids is 2. The van der Waals surface area contributed by atoms with Gasteiger partial charge in [0.1, 0.15) is 0 Å². The number of hydrogen-bond acceptors (Lipinski definition) is 5. The first kappa shape index (κ1) is 19.3. The number of anilines is 3. The number of rotatable bonds is 2. The number of benzene rings is 2. The van der Waals surface area contributed by atoms with Crippen LogP contribution in [-0.2, 0) is 9.53 Å². The fourth-order valence-corrected chi connectivity index (χ4v) is 2.02. The Bertz CT molecular complexity index is 748. The van der Waals surface area contributed by atoms with Gasteiger partial charge in [-0.1, -0.05) is 23.7 Å². The van der Waals surface area contributed by atoms with Gasteiger partial charge in [-0.15, -0.1) is 0 Å². The molecule has 128 valence electrons. The number of nitrogens with one attached hydrogen (secondary N) is 1. The Labute approximate surface area is 145 Å². The van der Waals surface area contributed by atoms with E-state index in [0.29, 0.717) is 27.6 Å². The van der Waals surface area contributed by atoms with E-state index in [1.165, 1.54) is 14.0 Å². The Hall–Kier alpha value is -2.73. The molecule has 0 fully saturated rings. The molecule has 5 N–H and O–H groups in total. The van der Waals surface area contributed by atoms with E-state index in [4.69, 9.17) is 23.1 Å². The smallest absolute Gasteiger partial charge is 0.339 e. The van der Waals surface area contributed by atoms with Crippen molar-refractivity contribution in [2.45, 2.75) is 13.8 Å². The molecule has 0 saturated heterocycles. The second-order valence-corrected chi connectivity index (χ2v) is 5.36. The van der Waals surface area contributed by atoms with Gasteiger partial charge in [0, 0.05) is 18.3 Å². The lowest BCUT2D eigenvalue weighted by Crippen LogP contribution is -2.07. The summed E-state index contributed by atoms with van der Waals surface area (Å²) in [6.45, 7) is 3.31. The van der Waals surface area contributed by atoms with E-state index in [1.807, 2.05) is 6.92 Å². The van der Waals surface area contributed by atoms with E-state index >= 15 is 0 Å². The molecule has 0 saturated carbocycles. The largest absolute Gasteiger partial charge is 0.465 e. The highest BCUT2D eigenvalue weighted by Gasteiger charge is 2.07. The first-order valence-electron chi connectivity index (χ1n) is 7.02. The van der Waals surface area contributed by atoms with Crippen LogP contribution in [0.2, 0.25) is 5.02 Å². The van der Waals surface area contributed by atoms with Crippen molar-refractivity contribution >= 4 is 40.5 Å². The van der Waals surface area contributed by atoms with Crippen LogP contribution in [0.15, 0.2) is 36.4 Å². The number of amides is 1. The number of aryl methyl sites for hydroxylation is 1. The molecule has 0 radical (unpaired) electrons. The molecule has 6 nitrogen and oxygen atoms in total. The lowest BCUT2D eigenvalue weighted by Gasteiger charge is -2.08. The molecule has 2 rings (SSSR count). The molecule has 0 bridgehead atoms. The van der Waals surface area contributed by atoms with E-state index in [9.17, 15) is 9.59 Å². The highest BCUT2D eigenvalue weighted by Crippen LogP contribution is 2.26. The Morgan fingerprint density at radius 2 is 1.75 bits per heavy atom. The van der Waals surface area contributed by atoms with Crippen molar-refractivity contribution in [3.8, 4) is 0 Å². The van der Waals surface area contributed by atoms with Crippen LogP contribution in [0, 0.1) is 6.92 Å². The van der Waals surface area contributed by atoms with Crippen LogP contribution in [0.4, 0.5) is 17.1 Å². The topological polar surface area (TPSA) is 107 Å². The number of hydrogen-bond donors (Lipinski definition) is 3. The lowest BCUT2D eigenvalue weighted by molar-refractivity contribution is -0.114. The van der Waals surface area contributed by atoms with Crippen molar-refractivity contribution in [3.05, 3.63) is 52.5 Å². The van der Waals surface area contributed by atoms with Crippen LogP contribution < -0.4 is 16.8 Å². The van der Waals surface area contributed by atoms with Crippen LogP contribution in [0.5, 0.6) is 0 Å². The number of carbonyl (C=O) groups is 2. The molecule has 2 aromatic rings. The van der Waals surface area contributed by atoms with Crippen molar-refractivity contribution in [1.82, 2.24) is 0 Å². The third-order valence-electron chi connectivity index (χ3n) is 3.02. The zero-order valence-corrected chi connectivity index (χ0v) is 14.5. The normalized spacial score (nSPS) is 9.50. The third-order valence-corrected chi connectivity index (χ3v) is 3.35. The van der Waals surface area contributed by atoms with Crippen LogP contribution >= 0.6 is 11.6 Å². The number of halogens is 1. The highest BCUT2D eigenvalue weighted by atomic mass is 35.5. The fraction of sp³-hybridized carbons (Fsp3) is 0.176. The van der Waals surface area contributed by atoms with E-state index in [0.717, 1.165) is 5.56 Å². The minimum atomic E-state index is -0.400. The first-order valence-corrected chi connectivity index (χ1v) is 7.40. The summed E-state index contributed by atoms with van der Waals surface area (Å²) in [6.07, 6.45) is 0. The van der Waals surface area contributed by atoms with Crippen molar-refractivity contribution in [2.75, 3.05) is 23.9 Å². The van der Waals surface area contributed by atoms with Gasteiger partial charge < -0.3 is 21.5 Å². The SMILES string of the molecule is CC(=O)Nc1cc(N)c(Cl)cc1C.COC(=O)c1ccccc1N. The molecule has 0 aliphatic carbocycles. The standard InChI is InChI=1S/C9H11ClN2O.C8H9NO2/c1-5-3-7(10)8(11)4-9(5)12-6(2)13;1-11-8(10)6-4-2-3-5-7(6)9/h3-4H,11H2,1-2H3,(H,12,13);2-5H,9H2,1H3. The Kier molecular flexibility index (Phi) is 7.07. The summed E-state index contributed by atoms with van der Waals surface area (Å²) in [5.74, 6) is -0.520. The van der Waals surface area contributed by atoms with Crippen molar-refractivity contribution < 1.29 is 14.3 Å². The Morgan fingerprint density at radius 3 is 2.29 bits per heavy atom. The maximum absolute atomic E-state index is 10.9. The summed E-state index contributed by atoms with van der Waals surface area (Å²) in [7, 11) is 1.33. The minimum absolute atomic E-state index is 0.121. The summed E-state index contributed by atoms with van der Waals surface area (Å²) in [4.78, 5) is 21.7. The number of nitrogen functional groups attached to an aromatic ring is 2. The zero-order valence-electron chi connectivity index (χ0n) is 13.7. The van der Waals surface area contributed by atoms with E-state index in [2.05, 4.69) is 10.1 Å². The van der Waals surface area contributed by atoms with Gasteiger partial charge in [-0.3, -0.25) is 4.79 Å². The summed E-state index contributed by atoms with van der Waals surface area (Å²) in [5, 5.41) is 3.17. The third kappa shape index (κ3) is 5.48. The summed E-state index contributed by atoms with van der Waals surface area (Å²) < 4.78 is 4.50. The maximum atomic E-state index is 10.9. The molecule has 0 heterocycles. The monoisotopic (exact) mass is 349 g/mol. The van der Waals surface area contributed by atoms with Crippen LogP contribution in [-0.4, -0.2) is 19.0 Å². The predicted molar refractivity (Wildman–Crippen MR) is 97.1 cm³/mol. The van der Waals surface area contributed by atoms with Crippen LogP contribution in [0.25, 0.3) is 0 Å². The Morgan fingerprint density at radius 1 is 1.12 bits per heavy atom. The van der Waals surface area contributed by atoms with Crippen molar-refractivity contribution in [3.63, 3.8) is 0 Å². The van der Waals surface area contributed by atoms with Gasteiger partial charge >= 0.3 is 5.97 Å². The first-order chi connectivity index (χ1) is 11.3. The Balaban J connectivity index is 0.000000243. The number of nitrogens with two attached hydrogens (primary N) is 2. The van der Waals surface area contributed by atoms with Gasteiger partial charge in [0.05, 0.1) is 23.4 Å². The number of methoxy groups -OCH3 is 1. The van der Waals surface area contributed by atoms with E-state index in [-0.39, 0.29) is 5.91 Å². The zero-order chi connectivity index (χ0) is 18.3. The molecule has 0 atom stereocenters. The quantitative estimate of drug-likeness (QED) is 0.569. The molecular weight excluding hydrogens is 330 g/mol.